The van der Waals surface area contributed by atoms with Crippen LogP contribution in [0, 0.1) is 0 Å². The first-order chi connectivity index (χ1) is 6.95. The van der Waals surface area contributed by atoms with Crippen molar-refractivity contribution in [2.75, 3.05) is 13.2 Å². The third-order valence-electron chi connectivity index (χ3n) is 2.41. The zero-order valence-corrected chi connectivity index (χ0v) is 8.42. The molecule has 2 aromatic rings. The van der Waals surface area contributed by atoms with Gasteiger partial charge < -0.3 is 9.47 Å². The van der Waals surface area contributed by atoms with Crippen LogP contribution in [0.3, 0.4) is 0 Å². The summed E-state index contributed by atoms with van der Waals surface area (Å²) in [6, 6.07) is 8.38. The van der Waals surface area contributed by atoms with Gasteiger partial charge in [0.05, 0.1) is 13.2 Å². The lowest BCUT2D eigenvalue weighted by Gasteiger charge is -2.10. The maximum atomic E-state index is 5.50. The van der Waals surface area contributed by atoms with Gasteiger partial charge in [0.1, 0.15) is 0 Å². The molecule has 1 fully saturated rings. The average Bonchev–Trinajstić information content (AvgIpc) is 2.88. The molecule has 0 N–H and O–H groups in total. The van der Waals surface area contributed by atoms with Gasteiger partial charge in [0.15, 0.2) is 6.29 Å². The molecule has 0 amide bonds. The van der Waals surface area contributed by atoms with Crippen molar-refractivity contribution in [2.45, 2.75) is 6.29 Å². The Labute approximate surface area is 86.1 Å². The molecular weight excluding hydrogens is 196 g/mol. The standard InChI is InChI=1S/C11H10O2S/c1-2-9(11-12-5-6-13-11)8-4-7-14-10(8)3-1/h1-4,7,11H,5-6H2. The molecule has 1 aromatic heterocycles. The highest BCUT2D eigenvalue weighted by molar-refractivity contribution is 7.17. The van der Waals surface area contributed by atoms with Gasteiger partial charge in [0.25, 0.3) is 0 Å². The van der Waals surface area contributed by atoms with Crippen molar-refractivity contribution in [1.29, 1.82) is 0 Å². The molecule has 1 saturated heterocycles. The molecule has 0 atom stereocenters. The summed E-state index contributed by atoms with van der Waals surface area (Å²) in [4.78, 5) is 0. The number of rotatable bonds is 1. The van der Waals surface area contributed by atoms with Gasteiger partial charge in [-0.3, -0.25) is 0 Å². The van der Waals surface area contributed by atoms with Crippen molar-refractivity contribution in [3.8, 4) is 0 Å². The van der Waals surface area contributed by atoms with Crippen LogP contribution in [-0.2, 0) is 9.47 Å². The first-order valence-electron chi connectivity index (χ1n) is 4.64. The monoisotopic (exact) mass is 206 g/mol. The van der Waals surface area contributed by atoms with Crippen molar-refractivity contribution in [3.05, 3.63) is 35.2 Å². The average molecular weight is 206 g/mol. The quantitative estimate of drug-likeness (QED) is 0.714. The second-order valence-electron chi connectivity index (χ2n) is 3.25. The van der Waals surface area contributed by atoms with Crippen molar-refractivity contribution < 1.29 is 9.47 Å². The van der Waals surface area contributed by atoms with E-state index in [9.17, 15) is 0 Å². The van der Waals surface area contributed by atoms with E-state index < -0.39 is 0 Å². The summed E-state index contributed by atoms with van der Waals surface area (Å²) in [5.41, 5.74) is 1.15. The Hall–Kier alpha value is -0.900. The molecule has 0 aliphatic carbocycles. The fourth-order valence-corrected chi connectivity index (χ4v) is 2.58. The summed E-state index contributed by atoms with van der Waals surface area (Å²) in [5.74, 6) is 0. The summed E-state index contributed by atoms with van der Waals surface area (Å²) in [5, 5.41) is 3.35. The zero-order valence-electron chi connectivity index (χ0n) is 7.60. The van der Waals surface area contributed by atoms with Crippen LogP contribution >= 0.6 is 11.3 Å². The van der Waals surface area contributed by atoms with Crippen molar-refractivity contribution in [3.63, 3.8) is 0 Å². The lowest BCUT2D eigenvalue weighted by molar-refractivity contribution is -0.0429. The van der Waals surface area contributed by atoms with Crippen LogP contribution in [0.15, 0.2) is 29.6 Å². The first kappa shape index (κ1) is 8.41. The Bertz CT molecular complexity index is 443. The highest BCUT2D eigenvalue weighted by Crippen LogP contribution is 2.32. The molecule has 0 saturated carbocycles. The van der Waals surface area contributed by atoms with Crippen LogP contribution in [-0.4, -0.2) is 13.2 Å². The Morgan fingerprint density at radius 3 is 2.86 bits per heavy atom. The molecule has 2 nitrogen and oxygen atoms in total. The lowest BCUT2D eigenvalue weighted by atomic mass is 10.1. The molecule has 1 aliphatic heterocycles. The minimum Gasteiger partial charge on any atom is -0.346 e. The molecule has 0 spiro atoms. The molecule has 2 heterocycles. The third kappa shape index (κ3) is 1.25. The second kappa shape index (κ2) is 3.35. The number of benzene rings is 1. The summed E-state index contributed by atoms with van der Waals surface area (Å²) in [7, 11) is 0. The lowest BCUT2D eigenvalue weighted by Crippen LogP contribution is -1.97. The van der Waals surface area contributed by atoms with E-state index in [0.29, 0.717) is 13.2 Å². The maximum Gasteiger partial charge on any atom is 0.184 e. The van der Waals surface area contributed by atoms with Crippen molar-refractivity contribution in [1.82, 2.24) is 0 Å². The molecule has 0 radical (unpaired) electrons. The van der Waals surface area contributed by atoms with Crippen LogP contribution in [0.1, 0.15) is 11.9 Å². The van der Waals surface area contributed by atoms with E-state index in [4.69, 9.17) is 9.47 Å². The van der Waals surface area contributed by atoms with Crippen LogP contribution in [0.4, 0.5) is 0 Å². The topological polar surface area (TPSA) is 18.5 Å². The summed E-state index contributed by atoms with van der Waals surface area (Å²) >= 11 is 1.75. The Morgan fingerprint density at radius 1 is 1.14 bits per heavy atom. The SMILES string of the molecule is c1cc(C2OCCO2)c2ccsc2c1. The predicted octanol–water partition coefficient (Wildman–Crippen LogP) is 2.95. The minimum absolute atomic E-state index is 0.159. The van der Waals surface area contributed by atoms with Gasteiger partial charge in [-0.05, 0) is 17.5 Å². The van der Waals surface area contributed by atoms with Crippen LogP contribution in [0.2, 0.25) is 0 Å². The molecular formula is C11H10O2S. The molecule has 0 bridgehead atoms. The summed E-state index contributed by atoms with van der Waals surface area (Å²) in [6.45, 7) is 1.40. The molecule has 0 unspecified atom stereocenters. The summed E-state index contributed by atoms with van der Waals surface area (Å²) < 4.78 is 12.3. The Balaban J connectivity index is 2.14. The van der Waals surface area contributed by atoms with Gasteiger partial charge in [0, 0.05) is 15.6 Å². The van der Waals surface area contributed by atoms with E-state index in [1.165, 1.54) is 10.1 Å². The van der Waals surface area contributed by atoms with E-state index in [1.54, 1.807) is 11.3 Å². The van der Waals surface area contributed by atoms with E-state index in [-0.39, 0.29) is 6.29 Å². The molecule has 14 heavy (non-hydrogen) atoms. The fraction of sp³-hybridized carbons (Fsp3) is 0.273. The van der Waals surface area contributed by atoms with Crippen LogP contribution in [0.25, 0.3) is 10.1 Å². The first-order valence-corrected chi connectivity index (χ1v) is 5.52. The smallest absolute Gasteiger partial charge is 0.184 e. The number of hydrogen-bond donors (Lipinski definition) is 0. The second-order valence-corrected chi connectivity index (χ2v) is 4.20. The van der Waals surface area contributed by atoms with Crippen molar-refractivity contribution in [2.24, 2.45) is 0 Å². The van der Waals surface area contributed by atoms with Gasteiger partial charge in [-0.1, -0.05) is 12.1 Å². The van der Waals surface area contributed by atoms with Gasteiger partial charge >= 0.3 is 0 Å². The van der Waals surface area contributed by atoms with Crippen LogP contribution in [0.5, 0.6) is 0 Å². The molecule has 3 rings (SSSR count). The molecule has 1 aromatic carbocycles. The van der Waals surface area contributed by atoms with E-state index >= 15 is 0 Å². The normalized spacial score (nSPS) is 18.0. The third-order valence-corrected chi connectivity index (χ3v) is 3.29. The zero-order chi connectivity index (χ0) is 9.38. The van der Waals surface area contributed by atoms with Gasteiger partial charge in [0.2, 0.25) is 0 Å². The number of fused-ring (bicyclic) bond motifs is 1. The highest BCUT2D eigenvalue weighted by Gasteiger charge is 2.20. The summed E-state index contributed by atoms with van der Waals surface area (Å²) in [6.07, 6.45) is -0.159. The maximum absolute atomic E-state index is 5.50. The highest BCUT2D eigenvalue weighted by atomic mass is 32.1. The molecule has 3 heteroatoms. The van der Waals surface area contributed by atoms with Gasteiger partial charge in [-0.25, -0.2) is 0 Å². The number of ether oxygens (including phenoxy) is 2. The van der Waals surface area contributed by atoms with E-state index in [1.807, 2.05) is 0 Å². The van der Waals surface area contributed by atoms with Gasteiger partial charge in [-0.15, -0.1) is 11.3 Å². The molecule has 1 aliphatic rings. The predicted molar refractivity (Wildman–Crippen MR) is 56.5 cm³/mol. The van der Waals surface area contributed by atoms with E-state index in [2.05, 4.69) is 29.6 Å². The molecule has 72 valence electrons. The Kier molecular flexibility index (Phi) is 2.01. The largest absolute Gasteiger partial charge is 0.346 e. The Morgan fingerprint density at radius 2 is 2.00 bits per heavy atom. The van der Waals surface area contributed by atoms with Crippen molar-refractivity contribution >= 4 is 21.4 Å². The number of thiophene rings is 1. The fourth-order valence-electron chi connectivity index (χ4n) is 1.76. The van der Waals surface area contributed by atoms with Crippen LogP contribution < -0.4 is 0 Å². The van der Waals surface area contributed by atoms with E-state index in [0.717, 1.165) is 5.56 Å². The number of hydrogen-bond acceptors (Lipinski definition) is 3. The minimum atomic E-state index is -0.159. The van der Waals surface area contributed by atoms with Gasteiger partial charge in [-0.2, -0.15) is 0 Å².